The van der Waals surface area contributed by atoms with Gasteiger partial charge < -0.3 is 10.1 Å². The van der Waals surface area contributed by atoms with Gasteiger partial charge in [0.25, 0.3) is 0 Å². The number of hydrogen-bond donors (Lipinski definition) is 1. The van der Waals surface area contributed by atoms with Gasteiger partial charge in [-0.3, -0.25) is 0 Å². The lowest BCUT2D eigenvalue weighted by molar-refractivity contribution is 0.238. The van der Waals surface area contributed by atoms with Crippen molar-refractivity contribution >= 4 is 0 Å². The summed E-state index contributed by atoms with van der Waals surface area (Å²) in [6.07, 6.45) is 0.224. The van der Waals surface area contributed by atoms with Crippen molar-refractivity contribution in [1.29, 1.82) is 0 Å². The average Bonchev–Trinajstić information content (AvgIpc) is 2.19. The lowest BCUT2D eigenvalue weighted by atomic mass is 10.1. The highest BCUT2D eigenvalue weighted by molar-refractivity contribution is 5.43. The van der Waals surface area contributed by atoms with E-state index in [-0.39, 0.29) is 6.10 Å². The Balaban J connectivity index is 3.00. The Bertz CT molecular complexity index is 345. The maximum absolute atomic E-state index is 5.89. The minimum atomic E-state index is 0.224. The zero-order valence-corrected chi connectivity index (χ0v) is 11.1. The van der Waals surface area contributed by atoms with Gasteiger partial charge in [0.2, 0.25) is 0 Å². The van der Waals surface area contributed by atoms with Crippen LogP contribution in [0.1, 0.15) is 37.5 Å². The standard InChI is InChI=1S/C14H23NO/c1-6-15-9-13-8-11(4)7-12(5)14(13)16-10(2)3/h7-8,10,15H,6,9H2,1-5H3. The molecule has 0 radical (unpaired) electrons. The molecule has 0 unspecified atom stereocenters. The first-order chi connectivity index (χ1) is 7.54. The first-order valence-corrected chi connectivity index (χ1v) is 6.02. The van der Waals surface area contributed by atoms with Gasteiger partial charge in [-0.2, -0.15) is 0 Å². The highest BCUT2D eigenvalue weighted by Crippen LogP contribution is 2.26. The first kappa shape index (κ1) is 13.0. The van der Waals surface area contributed by atoms with E-state index in [1.807, 2.05) is 0 Å². The molecule has 0 bridgehead atoms. The van der Waals surface area contributed by atoms with Crippen LogP contribution in [0, 0.1) is 13.8 Å². The highest BCUT2D eigenvalue weighted by Gasteiger charge is 2.09. The van der Waals surface area contributed by atoms with E-state index in [1.54, 1.807) is 0 Å². The average molecular weight is 221 g/mol. The van der Waals surface area contributed by atoms with E-state index in [0.29, 0.717) is 0 Å². The van der Waals surface area contributed by atoms with E-state index in [0.717, 1.165) is 18.8 Å². The summed E-state index contributed by atoms with van der Waals surface area (Å²) >= 11 is 0. The molecule has 2 heteroatoms. The fraction of sp³-hybridized carbons (Fsp3) is 0.571. The Morgan fingerprint density at radius 3 is 2.50 bits per heavy atom. The van der Waals surface area contributed by atoms with Crippen LogP contribution in [-0.2, 0) is 6.54 Å². The van der Waals surface area contributed by atoms with Gasteiger partial charge in [0, 0.05) is 12.1 Å². The molecule has 1 rings (SSSR count). The number of nitrogens with one attached hydrogen (secondary N) is 1. The molecule has 0 fully saturated rings. The summed E-state index contributed by atoms with van der Waals surface area (Å²) in [5.41, 5.74) is 3.77. The normalized spacial score (nSPS) is 10.9. The van der Waals surface area contributed by atoms with Crippen molar-refractivity contribution < 1.29 is 4.74 Å². The van der Waals surface area contributed by atoms with Crippen LogP contribution in [0.3, 0.4) is 0 Å². The van der Waals surface area contributed by atoms with Crippen molar-refractivity contribution in [2.45, 2.75) is 47.3 Å². The van der Waals surface area contributed by atoms with Crippen molar-refractivity contribution in [3.63, 3.8) is 0 Å². The van der Waals surface area contributed by atoms with E-state index >= 15 is 0 Å². The molecule has 0 saturated carbocycles. The Labute approximate surface area is 99.0 Å². The van der Waals surface area contributed by atoms with E-state index < -0.39 is 0 Å². The molecule has 2 nitrogen and oxygen atoms in total. The monoisotopic (exact) mass is 221 g/mol. The molecule has 0 aromatic heterocycles. The number of rotatable bonds is 5. The summed E-state index contributed by atoms with van der Waals surface area (Å²) in [6.45, 7) is 12.3. The van der Waals surface area contributed by atoms with E-state index in [1.165, 1.54) is 16.7 Å². The Hall–Kier alpha value is -1.02. The molecule has 0 amide bonds. The van der Waals surface area contributed by atoms with Gasteiger partial charge in [-0.1, -0.05) is 24.6 Å². The van der Waals surface area contributed by atoms with Crippen LogP contribution in [0.15, 0.2) is 12.1 Å². The third-order valence-electron chi connectivity index (χ3n) is 2.41. The molecule has 0 spiro atoms. The molecule has 1 aromatic carbocycles. The largest absolute Gasteiger partial charge is 0.490 e. The lowest BCUT2D eigenvalue weighted by Gasteiger charge is -2.18. The smallest absolute Gasteiger partial charge is 0.127 e. The van der Waals surface area contributed by atoms with Gasteiger partial charge >= 0.3 is 0 Å². The second-order valence-electron chi connectivity index (χ2n) is 4.52. The molecular weight excluding hydrogens is 198 g/mol. The fourth-order valence-corrected chi connectivity index (χ4v) is 1.84. The summed E-state index contributed by atoms with van der Waals surface area (Å²) in [4.78, 5) is 0. The number of benzene rings is 1. The van der Waals surface area contributed by atoms with Crippen molar-refractivity contribution in [2.24, 2.45) is 0 Å². The van der Waals surface area contributed by atoms with E-state index in [4.69, 9.17) is 4.74 Å². The van der Waals surface area contributed by atoms with Crippen LogP contribution in [0.2, 0.25) is 0 Å². The van der Waals surface area contributed by atoms with Crippen LogP contribution in [-0.4, -0.2) is 12.6 Å². The summed E-state index contributed by atoms with van der Waals surface area (Å²) in [5.74, 6) is 1.04. The molecule has 16 heavy (non-hydrogen) atoms. The van der Waals surface area contributed by atoms with Crippen LogP contribution in [0.4, 0.5) is 0 Å². The van der Waals surface area contributed by atoms with Crippen molar-refractivity contribution in [3.8, 4) is 5.75 Å². The number of aryl methyl sites for hydroxylation is 2. The molecule has 0 aliphatic rings. The first-order valence-electron chi connectivity index (χ1n) is 6.02. The summed E-state index contributed by atoms with van der Waals surface area (Å²) in [5, 5.41) is 3.35. The van der Waals surface area contributed by atoms with Crippen molar-refractivity contribution in [2.75, 3.05) is 6.54 Å². The van der Waals surface area contributed by atoms with Crippen LogP contribution in [0.25, 0.3) is 0 Å². The molecule has 0 atom stereocenters. The molecule has 1 N–H and O–H groups in total. The summed E-state index contributed by atoms with van der Waals surface area (Å²) in [6, 6.07) is 4.38. The second-order valence-corrected chi connectivity index (χ2v) is 4.52. The van der Waals surface area contributed by atoms with Crippen molar-refractivity contribution in [3.05, 3.63) is 28.8 Å². The third-order valence-corrected chi connectivity index (χ3v) is 2.41. The topological polar surface area (TPSA) is 21.3 Å². The molecule has 1 aromatic rings. The van der Waals surface area contributed by atoms with Crippen LogP contribution >= 0.6 is 0 Å². The number of hydrogen-bond acceptors (Lipinski definition) is 2. The van der Waals surface area contributed by atoms with Crippen LogP contribution in [0.5, 0.6) is 5.75 Å². The second kappa shape index (κ2) is 5.90. The molecule has 0 heterocycles. The molecule has 0 aliphatic carbocycles. The maximum Gasteiger partial charge on any atom is 0.127 e. The zero-order valence-electron chi connectivity index (χ0n) is 11.1. The third kappa shape index (κ3) is 3.53. The Kier molecular flexibility index (Phi) is 4.81. The van der Waals surface area contributed by atoms with Gasteiger partial charge in [0.05, 0.1) is 6.10 Å². The zero-order chi connectivity index (χ0) is 12.1. The van der Waals surface area contributed by atoms with E-state index in [9.17, 15) is 0 Å². The minimum Gasteiger partial charge on any atom is -0.490 e. The Morgan fingerprint density at radius 2 is 1.94 bits per heavy atom. The number of ether oxygens (including phenoxy) is 1. The highest BCUT2D eigenvalue weighted by atomic mass is 16.5. The van der Waals surface area contributed by atoms with E-state index in [2.05, 4.69) is 52.1 Å². The molecule has 0 aliphatic heterocycles. The SMILES string of the molecule is CCNCc1cc(C)cc(C)c1OC(C)C. The van der Waals surface area contributed by atoms with Crippen molar-refractivity contribution in [1.82, 2.24) is 5.32 Å². The van der Waals surface area contributed by atoms with Gasteiger partial charge in [-0.15, -0.1) is 0 Å². The maximum atomic E-state index is 5.89. The van der Waals surface area contributed by atoms with Gasteiger partial charge in [0.1, 0.15) is 5.75 Å². The molecule has 90 valence electrons. The molecule has 0 saturated heterocycles. The predicted octanol–water partition coefficient (Wildman–Crippen LogP) is 3.20. The van der Waals surface area contributed by atoms with Gasteiger partial charge in [-0.05, 0) is 39.8 Å². The Morgan fingerprint density at radius 1 is 1.25 bits per heavy atom. The van der Waals surface area contributed by atoms with Gasteiger partial charge in [-0.25, -0.2) is 0 Å². The lowest BCUT2D eigenvalue weighted by Crippen LogP contribution is -2.15. The van der Waals surface area contributed by atoms with Gasteiger partial charge in [0.15, 0.2) is 0 Å². The predicted molar refractivity (Wildman–Crippen MR) is 69.1 cm³/mol. The fourth-order valence-electron chi connectivity index (χ4n) is 1.84. The summed E-state index contributed by atoms with van der Waals surface area (Å²) in [7, 11) is 0. The quantitative estimate of drug-likeness (QED) is 0.824. The minimum absolute atomic E-state index is 0.224. The molecular formula is C14H23NO. The van der Waals surface area contributed by atoms with Crippen LogP contribution < -0.4 is 10.1 Å². The summed E-state index contributed by atoms with van der Waals surface area (Å²) < 4.78 is 5.89.